The van der Waals surface area contributed by atoms with E-state index in [4.69, 9.17) is 15.2 Å². The molecule has 214 valence electrons. The molecule has 5 rings (SSSR count). The summed E-state index contributed by atoms with van der Waals surface area (Å²) in [5, 5.41) is 13.8. The normalized spacial score (nSPS) is 17.9. The Morgan fingerprint density at radius 2 is 1.90 bits per heavy atom. The van der Waals surface area contributed by atoms with Crippen LogP contribution in [0.2, 0.25) is 0 Å². The van der Waals surface area contributed by atoms with Gasteiger partial charge in [-0.2, -0.15) is 13.2 Å². The number of aromatic amines is 1. The maximum atomic E-state index is 14.6. The zero-order valence-electron chi connectivity index (χ0n) is 21.7. The van der Waals surface area contributed by atoms with Crippen LogP contribution in [-0.4, -0.2) is 53.3 Å². The number of hydrogen-bond donors (Lipinski definition) is 4. The minimum atomic E-state index is -5.34. The van der Waals surface area contributed by atoms with E-state index in [0.717, 1.165) is 18.2 Å². The third kappa shape index (κ3) is 4.61. The lowest BCUT2D eigenvalue weighted by Gasteiger charge is -2.31. The number of fused-ring (bicyclic) bond motifs is 2. The number of pyridine rings is 1. The summed E-state index contributed by atoms with van der Waals surface area (Å²) in [6.07, 6.45) is -5.34. The quantitative estimate of drug-likeness (QED) is 0.249. The number of alkyl halides is 3. The molecule has 2 amide bonds. The fraction of sp³-hybridized carbons (Fsp3) is 0.250. The molecule has 1 aliphatic heterocycles. The van der Waals surface area contributed by atoms with E-state index in [-0.39, 0.29) is 34.9 Å². The Morgan fingerprint density at radius 3 is 2.54 bits per heavy atom. The second-order valence-electron chi connectivity index (χ2n) is 9.87. The Kier molecular flexibility index (Phi) is 6.65. The van der Waals surface area contributed by atoms with Gasteiger partial charge in [0.05, 0.1) is 19.3 Å². The summed E-state index contributed by atoms with van der Waals surface area (Å²) in [5.74, 6) is -2.00. The monoisotopic (exact) mass is 572 g/mol. The van der Waals surface area contributed by atoms with Gasteiger partial charge >= 0.3 is 6.18 Å². The van der Waals surface area contributed by atoms with Crippen molar-refractivity contribution in [3.8, 4) is 22.8 Å². The predicted molar refractivity (Wildman–Crippen MR) is 139 cm³/mol. The summed E-state index contributed by atoms with van der Waals surface area (Å²) in [6.45, 7) is -0.232. The second-order valence-corrected chi connectivity index (χ2v) is 9.87. The zero-order valence-corrected chi connectivity index (χ0v) is 21.7. The topological polar surface area (TPSA) is 140 Å². The number of carbonyl (C=O) groups is 2. The zero-order chi connectivity index (χ0) is 29.7. The Morgan fingerprint density at radius 1 is 1.20 bits per heavy atom. The number of amides is 2. The molecular formula is C28H24F4N4O5. The molecule has 0 radical (unpaired) electrons. The summed E-state index contributed by atoms with van der Waals surface area (Å²) in [5.41, 5.74) is -0.210. The van der Waals surface area contributed by atoms with Crippen LogP contribution in [0.25, 0.3) is 22.2 Å². The molecule has 0 saturated carbocycles. The molecule has 2 aromatic heterocycles. The molecule has 13 heteroatoms. The van der Waals surface area contributed by atoms with Gasteiger partial charge in [0, 0.05) is 22.0 Å². The average molecular weight is 573 g/mol. The van der Waals surface area contributed by atoms with Gasteiger partial charge in [-0.3, -0.25) is 9.59 Å². The van der Waals surface area contributed by atoms with Gasteiger partial charge in [0.15, 0.2) is 0 Å². The van der Waals surface area contributed by atoms with E-state index in [1.54, 1.807) is 18.2 Å². The fourth-order valence-electron chi connectivity index (χ4n) is 4.67. The van der Waals surface area contributed by atoms with Crippen LogP contribution in [0, 0.1) is 5.82 Å². The van der Waals surface area contributed by atoms with Crippen LogP contribution < -0.4 is 20.5 Å². The molecule has 1 aliphatic rings. The summed E-state index contributed by atoms with van der Waals surface area (Å²) in [6, 6.07) is 12.0. The Labute approximate surface area is 230 Å². The SMILES string of the molecule is COc1cccc2[nH]c(C(=O)NC[C@](O)(c3cc4c(c(-c5ccc(F)cc5)n3)OC[C@]4(C)C(N)=O)C(F)(F)F)cc12. The molecule has 0 spiro atoms. The molecule has 0 saturated heterocycles. The first-order valence-electron chi connectivity index (χ1n) is 12.3. The molecule has 0 fully saturated rings. The number of rotatable bonds is 7. The molecule has 5 N–H and O–H groups in total. The summed E-state index contributed by atoms with van der Waals surface area (Å²) < 4.78 is 68.2. The molecule has 9 nitrogen and oxygen atoms in total. The lowest BCUT2D eigenvalue weighted by atomic mass is 9.81. The maximum Gasteiger partial charge on any atom is 0.424 e. The maximum absolute atomic E-state index is 14.6. The van der Waals surface area contributed by atoms with Gasteiger partial charge in [-0.05, 0) is 55.5 Å². The lowest BCUT2D eigenvalue weighted by Crippen LogP contribution is -2.52. The van der Waals surface area contributed by atoms with Crippen LogP contribution in [0.3, 0.4) is 0 Å². The number of hydrogen-bond acceptors (Lipinski definition) is 6. The van der Waals surface area contributed by atoms with Crippen molar-refractivity contribution < 1.29 is 41.7 Å². The van der Waals surface area contributed by atoms with Crippen molar-refractivity contribution in [2.24, 2.45) is 5.73 Å². The molecule has 0 bridgehead atoms. The number of H-pyrrole nitrogens is 1. The Hall–Kier alpha value is -4.65. The number of nitrogens with two attached hydrogens (primary N) is 1. The van der Waals surface area contributed by atoms with Crippen LogP contribution >= 0.6 is 0 Å². The largest absolute Gasteiger partial charge is 0.496 e. The second kappa shape index (κ2) is 9.77. The minimum absolute atomic E-state index is 0.0257. The third-order valence-corrected chi connectivity index (χ3v) is 7.22. The fourth-order valence-corrected chi connectivity index (χ4v) is 4.67. The van der Waals surface area contributed by atoms with Crippen molar-refractivity contribution in [1.29, 1.82) is 0 Å². The minimum Gasteiger partial charge on any atom is -0.496 e. The number of halogens is 4. The van der Waals surface area contributed by atoms with E-state index in [1.807, 2.05) is 0 Å². The van der Waals surface area contributed by atoms with Gasteiger partial charge in [-0.1, -0.05) is 6.07 Å². The Balaban J connectivity index is 1.58. The van der Waals surface area contributed by atoms with Gasteiger partial charge in [0.2, 0.25) is 11.5 Å². The number of ether oxygens (including phenoxy) is 2. The molecular weight excluding hydrogens is 548 g/mol. The number of methoxy groups -OCH3 is 1. The first-order chi connectivity index (χ1) is 19.3. The van der Waals surface area contributed by atoms with Crippen LogP contribution in [-0.2, 0) is 15.8 Å². The Bertz CT molecular complexity index is 1670. The average Bonchev–Trinajstić information content (AvgIpc) is 3.53. The van der Waals surface area contributed by atoms with Crippen LogP contribution in [0.1, 0.15) is 28.7 Å². The van der Waals surface area contributed by atoms with E-state index in [9.17, 15) is 32.3 Å². The number of primary amides is 1. The highest BCUT2D eigenvalue weighted by atomic mass is 19.4. The highest BCUT2D eigenvalue weighted by molar-refractivity contribution is 5.99. The van der Waals surface area contributed by atoms with Crippen LogP contribution in [0.15, 0.2) is 54.6 Å². The first kappa shape index (κ1) is 27.9. The van der Waals surface area contributed by atoms with E-state index >= 15 is 0 Å². The van der Waals surface area contributed by atoms with Crippen molar-refractivity contribution in [2.75, 3.05) is 20.3 Å². The van der Waals surface area contributed by atoms with Gasteiger partial charge in [0.1, 0.15) is 40.7 Å². The highest BCUT2D eigenvalue weighted by Crippen LogP contribution is 2.47. The number of benzene rings is 2. The molecule has 4 aromatic rings. The van der Waals surface area contributed by atoms with Crippen molar-refractivity contribution in [3.63, 3.8) is 0 Å². The predicted octanol–water partition coefficient (Wildman–Crippen LogP) is 3.69. The van der Waals surface area contributed by atoms with E-state index in [1.165, 1.54) is 32.2 Å². The smallest absolute Gasteiger partial charge is 0.424 e. The molecule has 41 heavy (non-hydrogen) atoms. The molecule has 2 aromatic carbocycles. The van der Waals surface area contributed by atoms with Crippen molar-refractivity contribution in [1.82, 2.24) is 15.3 Å². The summed E-state index contributed by atoms with van der Waals surface area (Å²) >= 11 is 0. The van der Waals surface area contributed by atoms with Crippen molar-refractivity contribution in [2.45, 2.75) is 24.1 Å². The number of nitrogens with one attached hydrogen (secondary N) is 2. The van der Waals surface area contributed by atoms with E-state index in [0.29, 0.717) is 16.7 Å². The number of nitrogens with zero attached hydrogens (tertiary/aromatic N) is 1. The number of aromatic nitrogens is 2. The van der Waals surface area contributed by atoms with Gasteiger partial charge in [-0.25, -0.2) is 9.37 Å². The number of carbonyl (C=O) groups excluding carboxylic acids is 2. The summed E-state index contributed by atoms with van der Waals surface area (Å²) in [7, 11) is 1.43. The first-order valence-corrected chi connectivity index (χ1v) is 12.3. The van der Waals surface area contributed by atoms with Crippen LogP contribution in [0.5, 0.6) is 11.5 Å². The highest BCUT2D eigenvalue weighted by Gasteiger charge is 2.57. The summed E-state index contributed by atoms with van der Waals surface area (Å²) in [4.78, 5) is 32.1. The van der Waals surface area contributed by atoms with Crippen molar-refractivity contribution >= 4 is 22.7 Å². The lowest BCUT2D eigenvalue weighted by molar-refractivity contribution is -0.265. The van der Waals surface area contributed by atoms with Crippen LogP contribution in [0.4, 0.5) is 17.6 Å². The van der Waals surface area contributed by atoms with Gasteiger partial charge < -0.3 is 30.6 Å². The van der Waals surface area contributed by atoms with E-state index < -0.39 is 47.1 Å². The number of aliphatic hydroxyl groups is 1. The third-order valence-electron chi connectivity index (χ3n) is 7.22. The van der Waals surface area contributed by atoms with E-state index in [2.05, 4.69) is 15.3 Å². The molecule has 0 aliphatic carbocycles. The van der Waals surface area contributed by atoms with Crippen molar-refractivity contribution in [3.05, 3.63) is 77.4 Å². The standard InChI is InChI=1S/C28H24F4N4O5/c1-26(25(33)38)13-41-23-17(26)11-21(36-22(23)14-6-8-15(29)9-7-14)27(39,28(30,31)32)12-34-24(37)19-10-16-18(35-19)4-3-5-20(16)40-2/h3-11,35,39H,12-13H2,1-2H3,(H2,33,38)(H,34,37)/t26-,27-/m0/s1. The van der Waals surface area contributed by atoms with Gasteiger partial charge in [0.25, 0.3) is 5.91 Å². The molecule has 0 unspecified atom stereocenters. The molecule has 2 atom stereocenters. The van der Waals surface area contributed by atoms with Gasteiger partial charge in [-0.15, -0.1) is 0 Å². The molecule has 3 heterocycles.